The van der Waals surface area contributed by atoms with Crippen molar-refractivity contribution in [1.82, 2.24) is 15.1 Å². The Morgan fingerprint density at radius 2 is 1.61 bits per heavy atom. The summed E-state index contributed by atoms with van der Waals surface area (Å²) in [4.78, 5) is 43.7. The van der Waals surface area contributed by atoms with Gasteiger partial charge in [-0.1, -0.05) is 31.4 Å². The van der Waals surface area contributed by atoms with Crippen molar-refractivity contribution in [2.45, 2.75) is 58.0 Å². The topological polar surface area (TPSA) is 85.0 Å². The number of nitrogens with one attached hydrogen (secondary N) is 2. The molecule has 1 aliphatic heterocycles. The molecule has 0 spiro atoms. The molecule has 2 aliphatic rings. The number of nitrogens with zero attached hydrogens (tertiary/aromatic N) is 3. The van der Waals surface area contributed by atoms with Gasteiger partial charge in [0.05, 0.1) is 5.56 Å². The number of rotatable bonds is 7. The highest BCUT2D eigenvalue weighted by atomic mass is 19.1. The van der Waals surface area contributed by atoms with Crippen molar-refractivity contribution in [3.8, 4) is 0 Å². The molecule has 0 aromatic heterocycles. The van der Waals surface area contributed by atoms with Crippen LogP contribution in [0.1, 0.15) is 56.3 Å². The summed E-state index contributed by atoms with van der Waals surface area (Å²) < 4.78 is 14.1. The molecule has 0 unspecified atom stereocenters. The molecule has 1 aliphatic carbocycles. The van der Waals surface area contributed by atoms with Gasteiger partial charge in [-0.15, -0.1) is 0 Å². The average Bonchev–Trinajstić information content (AvgIpc) is 2.92. The van der Waals surface area contributed by atoms with Gasteiger partial charge in [-0.2, -0.15) is 0 Å². The Kier molecular flexibility index (Phi) is 9.20. The first-order valence-electron chi connectivity index (χ1n) is 13.6. The number of hydrogen-bond donors (Lipinski definition) is 2. The largest absolute Gasteiger partial charge is 0.368 e. The number of urea groups is 1. The first kappa shape index (κ1) is 27.4. The van der Waals surface area contributed by atoms with Gasteiger partial charge >= 0.3 is 6.03 Å². The lowest BCUT2D eigenvalue weighted by Gasteiger charge is -2.37. The Morgan fingerprint density at radius 3 is 2.24 bits per heavy atom. The SMILES string of the molecule is CC(C)N(CC(=O)Nc1ccc(N2CCN(C(=O)NC3CCCCC3)CC2)cc1)C(=O)c1ccccc1F. The smallest absolute Gasteiger partial charge is 0.317 e. The lowest BCUT2D eigenvalue weighted by Crippen LogP contribution is -2.53. The predicted octanol–water partition coefficient (Wildman–Crippen LogP) is 4.48. The summed E-state index contributed by atoms with van der Waals surface area (Å²) in [5.74, 6) is -1.48. The van der Waals surface area contributed by atoms with Crippen molar-refractivity contribution in [3.05, 3.63) is 59.9 Å². The Morgan fingerprint density at radius 1 is 0.947 bits per heavy atom. The third kappa shape index (κ3) is 7.02. The minimum atomic E-state index is -0.607. The van der Waals surface area contributed by atoms with E-state index < -0.39 is 11.7 Å². The molecule has 1 heterocycles. The molecule has 0 bridgehead atoms. The highest BCUT2D eigenvalue weighted by molar-refractivity contribution is 5.99. The second-order valence-electron chi connectivity index (χ2n) is 10.4. The Balaban J connectivity index is 1.27. The first-order valence-corrected chi connectivity index (χ1v) is 13.6. The quantitative estimate of drug-likeness (QED) is 0.561. The van der Waals surface area contributed by atoms with Crippen LogP contribution in [0.5, 0.6) is 0 Å². The number of carbonyl (C=O) groups is 3. The molecular weight excluding hydrogens is 485 g/mol. The van der Waals surface area contributed by atoms with Crippen LogP contribution in [0.4, 0.5) is 20.6 Å². The van der Waals surface area contributed by atoms with E-state index in [1.807, 2.05) is 29.2 Å². The number of piperazine rings is 1. The maximum absolute atomic E-state index is 14.1. The number of carbonyl (C=O) groups excluding carboxylic acids is 3. The maximum atomic E-state index is 14.1. The molecule has 1 saturated heterocycles. The van der Waals surface area contributed by atoms with Crippen LogP contribution >= 0.6 is 0 Å². The zero-order valence-corrected chi connectivity index (χ0v) is 22.3. The fourth-order valence-electron chi connectivity index (χ4n) is 5.07. The number of anilines is 2. The first-order chi connectivity index (χ1) is 18.3. The second-order valence-corrected chi connectivity index (χ2v) is 10.4. The molecule has 8 nitrogen and oxygen atoms in total. The fraction of sp³-hybridized carbons (Fsp3) is 0.483. The van der Waals surface area contributed by atoms with Crippen LogP contribution in [0.2, 0.25) is 0 Å². The van der Waals surface area contributed by atoms with Crippen LogP contribution in [0.25, 0.3) is 0 Å². The highest BCUT2D eigenvalue weighted by Gasteiger charge is 2.25. The number of hydrogen-bond acceptors (Lipinski definition) is 4. The Labute approximate surface area is 224 Å². The summed E-state index contributed by atoms with van der Waals surface area (Å²) in [6.07, 6.45) is 5.80. The van der Waals surface area contributed by atoms with Crippen LogP contribution in [0.3, 0.4) is 0 Å². The standard InChI is InChI=1S/C29H38FN5O3/c1-21(2)35(28(37)25-10-6-7-11-26(25)30)20-27(36)31-23-12-14-24(15-13-23)33-16-18-34(19-17-33)29(38)32-22-8-4-3-5-9-22/h6-7,10-15,21-22H,3-5,8-9,16-20H2,1-2H3,(H,31,36)(H,32,38). The lowest BCUT2D eigenvalue weighted by atomic mass is 9.96. The van der Waals surface area contributed by atoms with Crippen molar-refractivity contribution >= 4 is 29.2 Å². The van der Waals surface area contributed by atoms with Gasteiger partial charge in [-0.3, -0.25) is 9.59 Å². The molecule has 0 radical (unpaired) electrons. The molecule has 2 aromatic carbocycles. The Bertz CT molecular complexity index is 1110. The molecule has 38 heavy (non-hydrogen) atoms. The van der Waals surface area contributed by atoms with Crippen LogP contribution < -0.4 is 15.5 Å². The molecule has 2 aromatic rings. The van der Waals surface area contributed by atoms with Crippen molar-refractivity contribution in [2.24, 2.45) is 0 Å². The van der Waals surface area contributed by atoms with Crippen LogP contribution in [-0.4, -0.2) is 72.5 Å². The van der Waals surface area contributed by atoms with Crippen molar-refractivity contribution in [3.63, 3.8) is 0 Å². The summed E-state index contributed by atoms with van der Waals surface area (Å²) in [5, 5.41) is 6.03. The van der Waals surface area contributed by atoms with Gasteiger partial charge in [0.25, 0.3) is 5.91 Å². The van der Waals surface area contributed by atoms with E-state index in [-0.39, 0.29) is 30.1 Å². The van der Waals surface area contributed by atoms with Gasteiger partial charge in [0.15, 0.2) is 0 Å². The zero-order chi connectivity index (χ0) is 27.1. The average molecular weight is 524 g/mol. The van der Waals surface area contributed by atoms with Crippen molar-refractivity contribution < 1.29 is 18.8 Å². The van der Waals surface area contributed by atoms with E-state index in [1.54, 1.807) is 19.9 Å². The van der Waals surface area contributed by atoms with Gasteiger partial charge in [0.2, 0.25) is 5.91 Å². The van der Waals surface area contributed by atoms with E-state index in [9.17, 15) is 18.8 Å². The third-order valence-electron chi connectivity index (χ3n) is 7.32. The van der Waals surface area contributed by atoms with E-state index in [1.165, 1.54) is 42.4 Å². The summed E-state index contributed by atoms with van der Waals surface area (Å²) in [7, 11) is 0. The fourth-order valence-corrected chi connectivity index (χ4v) is 5.07. The molecule has 2 N–H and O–H groups in total. The van der Waals surface area contributed by atoms with E-state index in [0.717, 1.165) is 31.6 Å². The maximum Gasteiger partial charge on any atom is 0.317 e. The number of benzene rings is 2. The molecular formula is C29H38FN5O3. The minimum absolute atomic E-state index is 0.0403. The third-order valence-corrected chi connectivity index (χ3v) is 7.32. The van der Waals surface area contributed by atoms with Gasteiger partial charge in [-0.05, 0) is 63.1 Å². The van der Waals surface area contributed by atoms with Crippen LogP contribution in [-0.2, 0) is 4.79 Å². The summed E-state index contributed by atoms with van der Waals surface area (Å²) in [5.41, 5.74) is 1.59. The molecule has 4 amide bonds. The minimum Gasteiger partial charge on any atom is -0.368 e. The predicted molar refractivity (Wildman–Crippen MR) is 147 cm³/mol. The van der Waals surface area contributed by atoms with Gasteiger partial charge in [-0.25, -0.2) is 9.18 Å². The molecule has 4 rings (SSSR count). The van der Waals surface area contributed by atoms with E-state index in [4.69, 9.17) is 0 Å². The normalized spacial score (nSPS) is 16.3. The zero-order valence-electron chi connectivity index (χ0n) is 22.3. The molecule has 0 atom stereocenters. The summed E-state index contributed by atoms with van der Waals surface area (Å²) in [6.45, 7) is 6.21. The van der Waals surface area contributed by atoms with Crippen molar-refractivity contribution in [1.29, 1.82) is 0 Å². The van der Waals surface area contributed by atoms with E-state index >= 15 is 0 Å². The second kappa shape index (κ2) is 12.8. The monoisotopic (exact) mass is 523 g/mol. The van der Waals surface area contributed by atoms with E-state index in [0.29, 0.717) is 24.8 Å². The van der Waals surface area contributed by atoms with E-state index in [2.05, 4.69) is 15.5 Å². The molecule has 9 heteroatoms. The van der Waals surface area contributed by atoms with Crippen LogP contribution in [0, 0.1) is 5.82 Å². The van der Waals surface area contributed by atoms with Crippen LogP contribution in [0.15, 0.2) is 48.5 Å². The molecule has 204 valence electrons. The summed E-state index contributed by atoms with van der Waals surface area (Å²) in [6, 6.07) is 13.4. The highest BCUT2D eigenvalue weighted by Crippen LogP contribution is 2.21. The molecule has 1 saturated carbocycles. The lowest BCUT2D eigenvalue weighted by molar-refractivity contribution is -0.117. The van der Waals surface area contributed by atoms with Gasteiger partial charge in [0, 0.05) is 49.6 Å². The van der Waals surface area contributed by atoms with Gasteiger partial charge in [0.1, 0.15) is 12.4 Å². The Hall–Kier alpha value is -3.62. The van der Waals surface area contributed by atoms with Gasteiger partial charge < -0.3 is 25.3 Å². The van der Waals surface area contributed by atoms with Crippen molar-refractivity contribution in [2.75, 3.05) is 42.9 Å². The summed E-state index contributed by atoms with van der Waals surface area (Å²) >= 11 is 0. The number of halogens is 1. The molecule has 2 fully saturated rings. The number of amides is 4.